The van der Waals surface area contributed by atoms with Crippen LogP contribution < -0.4 is 5.84 Å². The van der Waals surface area contributed by atoms with Crippen LogP contribution in [0.15, 0.2) is 29.4 Å². The zero-order chi connectivity index (χ0) is 6.69. The summed E-state index contributed by atoms with van der Waals surface area (Å²) in [5.74, 6) is 4.95. The molecule has 0 saturated carbocycles. The minimum absolute atomic E-state index is 0.476. The Morgan fingerprint density at radius 1 is 1.44 bits per heavy atom. The van der Waals surface area contributed by atoms with Crippen molar-refractivity contribution in [2.24, 2.45) is 10.9 Å². The smallest absolute Gasteiger partial charge is 0.0910 e. The summed E-state index contributed by atoms with van der Waals surface area (Å²) >= 11 is 0. The second-order valence-corrected chi connectivity index (χ2v) is 1.76. The van der Waals surface area contributed by atoms with Gasteiger partial charge >= 0.3 is 0 Å². The van der Waals surface area contributed by atoms with E-state index in [2.05, 4.69) is 5.10 Å². The molecule has 0 aromatic carbocycles. The Labute approximate surface area is 53.2 Å². The van der Waals surface area contributed by atoms with Crippen LogP contribution in [0.3, 0.4) is 0 Å². The van der Waals surface area contributed by atoms with Crippen molar-refractivity contribution in [2.75, 3.05) is 0 Å². The minimum atomic E-state index is -0.476. The van der Waals surface area contributed by atoms with Crippen molar-refractivity contribution in [1.29, 1.82) is 0 Å². The molecule has 1 aliphatic carbocycles. The van der Waals surface area contributed by atoms with Crippen molar-refractivity contribution in [3.63, 3.8) is 0 Å². The van der Waals surface area contributed by atoms with Gasteiger partial charge in [-0.15, -0.1) is 0 Å². The third-order valence-electron chi connectivity index (χ3n) is 1.08. The van der Waals surface area contributed by atoms with Crippen molar-refractivity contribution in [2.45, 2.75) is 6.10 Å². The summed E-state index contributed by atoms with van der Waals surface area (Å²) < 4.78 is 0. The molecule has 48 valence electrons. The fourth-order valence-electron chi connectivity index (χ4n) is 0.600. The summed E-state index contributed by atoms with van der Waals surface area (Å²) in [6, 6.07) is 0. The van der Waals surface area contributed by atoms with Gasteiger partial charge in [-0.2, -0.15) is 5.10 Å². The SMILES string of the molecule is NN=C1C=CC(O)C=C1. The Balaban J connectivity index is 2.70. The summed E-state index contributed by atoms with van der Waals surface area (Å²) in [7, 11) is 0. The summed E-state index contributed by atoms with van der Waals surface area (Å²) in [5, 5.41) is 12.3. The first-order chi connectivity index (χ1) is 4.33. The van der Waals surface area contributed by atoms with Crippen LogP contribution in [-0.4, -0.2) is 16.9 Å². The number of aliphatic hydroxyl groups is 1. The van der Waals surface area contributed by atoms with Gasteiger partial charge in [0.05, 0.1) is 11.8 Å². The third kappa shape index (κ3) is 1.40. The maximum Gasteiger partial charge on any atom is 0.0910 e. The lowest BCUT2D eigenvalue weighted by Gasteiger charge is -2.01. The molecular formula is C6H8N2O. The molecule has 0 radical (unpaired) electrons. The average molecular weight is 124 g/mol. The van der Waals surface area contributed by atoms with Crippen molar-refractivity contribution in [3.05, 3.63) is 24.3 Å². The summed E-state index contributed by atoms with van der Waals surface area (Å²) in [6.07, 6.45) is 6.10. The number of hydrogen-bond donors (Lipinski definition) is 2. The van der Waals surface area contributed by atoms with Gasteiger partial charge in [0.2, 0.25) is 0 Å². The van der Waals surface area contributed by atoms with E-state index in [0.717, 1.165) is 0 Å². The fraction of sp³-hybridized carbons (Fsp3) is 0.167. The highest BCUT2D eigenvalue weighted by Gasteiger charge is 1.98. The molecule has 0 unspecified atom stereocenters. The van der Waals surface area contributed by atoms with Crippen LogP contribution in [0.4, 0.5) is 0 Å². The molecule has 0 amide bonds. The van der Waals surface area contributed by atoms with Gasteiger partial charge in [0.25, 0.3) is 0 Å². The molecule has 0 aliphatic heterocycles. The van der Waals surface area contributed by atoms with E-state index >= 15 is 0 Å². The van der Waals surface area contributed by atoms with Crippen molar-refractivity contribution in [3.8, 4) is 0 Å². The lowest BCUT2D eigenvalue weighted by atomic mass is 10.1. The van der Waals surface area contributed by atoms with Crippen molar-refractivity contribution in [1.82, 2.24) is 0 Å². The van der Waals surface area contributed by atoms with E-state index in [1.165, 1.54) is 0 Å². The Morgan fingerprint density at radius 2 is 2.00 bits per heavy atom. The molecule has 0 atom stereocenters. The summed E-state index contributed by atoms with van der Waals surface area (Å²) in [4.78, 5) is 0. The van der Waals surface area contributed by atoms with Gasteiger partial charge in [0, 0.05) is 0 Å². The van der Waals surface area contributed by atoms with Gasteiger partial charge < -0.3 is 10.9 Å². The van der Waals surface area contributed by atoms with Gasteiger partial charge in [0.15, 0.2) is 0 Å². The van der Waals surface area contributed by atoms with Gasteiger partial charge in [-0.25, -0.2) is 0 Å². The molecule has 0 aromatic heterocycles. The number of allylic oxidation sites excluding steroid dienone is 2. The molecule has 0 fully saturated rings. The lowest BCUT2D eigenvalue weighted by Crippen LogP contribution is -2.05. The average Bonchev–Trinajstić information content (AvgIpc) is 1.90. The van der Waals surface area contributed by atoms with E-state index < -0.39 is 6.10 Å². The number of nitrogens with zero attached hydrogens (tertiary/aromatic N) is 1. The molecule has 0 saturated heterocycles. The molecule has 0 bridgehead atoms. The first-order valence-electron chi connectivity index (χ1n) is 2.65. The van der Waals surface area contributed by atoms with E-state index in [-0.39, 0.29) is 0 Å². The molecule has 1 rings (SSSR count). The van der Waals surface area contributed by atoms with Crippen LogP contribution in [0.2, 0.25) is 0 Å². The quantitative estimate of drug-likeness (QED) is 0.346. The van der Waals surface area contributed by atoms with Crippen LogP contribution in [0.5, 0.6) is 0 Å². The van der Waals surface area contributed by atoms with Gasteiger partial charge in [-0.1, -0.05) is 12.2 Å². The Bertz CT molecular complexity index is 165. The molecule has 1 aliphatic rings. The molecule has 3 N–H and O–H groups in total. The highest BCUT2D eigenvalue weighted by atomic mass is 16.3. The normalized spacial score (nSPS) is 24.6. The van der Waals surface area contributed by atoms with Crippen LogP contribution in [0.1, 0.15) is 0 Å². The lowest BCUT2D eigenvalue weighted by molar-refractivity contribution is 0.271. The second-order valence-electron chi connectivity index (χ2n) is 1.76. The summed E-state index contributed by atoms with van der Waals surface area (Å²) in [6.45, 7) is 0. The van der Waals surface area contributed by atoms with Crippen LogP contribution in [0.25, 0.3) is 0 Å². The molecule has 3 heteroatoms. The zero-order valence-corrected chi connectivity index (χ0v) is 4.86. The van der Waals surface area contributed by atoms with Crippen molar-refractivity contribution < 1.29 is 5.11 Å². The van der Waals surface area contributed by atoms with Crippen molar-refractivity contribution >= 4 is 5.71 Å². The number of nitrogens with two attached hydrogens (primary N) is 1. The predicted molar refractivity (Wildman–Crippen MR) is 35.9 cm³/mol. The first-order valence-corrected chi connectivity index (χ1v) is 2.65. The van der Waals surface area contributed by atoms with E-state index in [9.17, 15) is 0 Å². The second kappa shape index (κ2) is 2.46. The van der Waals surface area contributed by atoms with E-state index in [1.807, 2.05) is 0 Å². The number of rotatable bonds is 0. The van der Waals surface area contributed by atoms with Gasteiger partial charge in [-0.3, -0.25) is 0 Å². The maximum absolute atomic E-state index is 8.85. The third-order valence-corrected chi connectivity index (χ3v) is 1.08. The molecule has 0 heterocycles. The number of hydrogen-bond acceptors (Lipinski definition) is 3. The van der Waals surface area contributed by atoms with E-state index in [0.29, 0.717) is 5.71 Å². The van der Waals surface area contributed by atoms with E-state index in [1.54, 1.807) is 24.3 Å². The van der Waals surface area contributed by atoms with Crippen LogP contribution in [0, 0.1) is 0 Å². The molecule has 3 nitrogen and oxygen atoms in total. The highest BCUT2D eigenvalue weighted by molar-refractivity contribution is 6.04. The Morgan fingerprint density at radius 3 is 2.44 bits per heavy atom. The zero-order valence-electron chi connectivity index (χ0n) is 4.86. The largest absolute Gasteiger partial charge is 0.385 e. The topological polar surface area (TPSA) is 58.6 Å². The first kappa shape index (κ1) is 6.04. The predicted octanol–water partition coefficient (Wildman–Crippen LogP) is -0.212. The maximum atomic E-state index is 8.85. The standard InChI is InChI=1S/C6H8N2O/c7-8-5-1-3-6(9)4-2-5/h1-4,6,9H,7H2. The molecular weight excluding hydrogens is 116 g/mol. The van der Waals surface area contributed by atoms with Gasteiger partial charge in [0.1, 0.15) is 0 Å². The van der Waals surface area contributed by atoms with E-state index in [4.69, 9.17) is 10.9 Å². The highest BCUT2D eigenvalue weighted by Crippen LogP contribution is 1.97. The number of hydrazone groups is 1. The molecule has 0 aromatic rings. The molecule has 0 spiro atoms. The van der Waals surface area contributed by atoms with Crippen LogP contribution >= 0.6 is 0 Å². The summed E-state index contributed by atoms with van der Waals surface area (Å²) in [5.41, 5.74) is 0.681. The Hall–Kier alpha value is -1.09. The molecule has 9 heavy (non-hydrogen) atoms. The number of aliphatic hydroxyl groups excluding tert-OH is 1. The fourth-order valence-corrected chi connectivity index (χ4v) is 0.600. The van der Waals surface area contributed by atoms with Gasteiger partial charge in [-0.05, 0) is 12.2 Å². The monoisotopic (exact) mass is 124 g/mol. The Kier molecular flexibility index (Phi) is 1.65. The minimum Gasteiger partial charge on any atom is -0.385 e. The van der Waals surface area contributed by atoms with Crippen LogP contribution in [-0.2, 0) is 0 Å².